The minimum absolute atomic E-state index is 0.240. The quantitative estimate of drug-likeness (QED) is 0.192. The van der Waals surface area contributed by atoms with Crippen LogP contribution in [-0.4, -0.2) is 73.2 Å². The highest BCUT2D eigenvalue weighted by Gasteiger charge is 2.54. The lowest BCUT2D eigenvalue weighted by Gasteiger charge is -2.24. The average molecular weight is 641 g/mol. The van der Waals surface area contributed by atoms with E-state index in [1.54, 1.807) is 57.4 Å². The second-order valence-electron chi connectivity index (χ2n) is 12.5. The highest BCUT2D eigenvalue weighted by atomic mass is 32.2. The zero-order valence-corrected chi connectivity index (χ0v) is 27.3. The van der Waals surface area contributed by atoms with Gasteiger partial charge in [-0.1, -0.05) is 41.6 Å². The molecule has 0 aliphatic carbocycles. The second-order valence-corrected chi connectivity index (χ2v) is 15.1. The summed E-state index contributed by atoms with van der Waals surface area (Å²) in [5.74, 6) is 0.936. The van der Waals surface area contributed by atoms with Crippen LogP contribution in [-0.2, 0) is 36.1 Å². The van der Waals surface area contributed by atoms with E-state index in [0.717, 1.165) is 11.1 Å². The number of hydrogen-bond acceptors (Lipinski definition) is 11. The highest BCUT2D eigenvalue weighted by Crippen LogP contribution is 2.43. The molecule has 15 heteroatoms. The predicted molar refractivity (Wildman–Crippen MR) is 174 cm³/mol. The number of amides is 1. The van der Waals surface area contributed by atoms with Crippen LogP contribution < -0.4 is 0 Å². The third-order valence-corrected chi connectivity index (χ3v) is 9.53. The molecule has 2 aromatic heterocycles. The first-order valence-corrected chi connectivity index (χ1v) is 16.4. The van der Waals surface area contributed by atoms with Crippen molar-refractivity contribution in [2.45, 2.75) is 62.5 Å². The largest absolute Gasteiger partial charge is 0.549 e. The van der Waals surface area contributed by atoms with Crippen molar-refractivity contribution >= 4 is 36.7 Å². The van der Waals surface area contributed by atoms with E-state index in [4.69, 9.17) is 28.5 Å². The molecule has 2 saturated heterocycles. The maximum Gasteiger partial charge on any atom is 0.434 e. The smallest absolute Gasteiger partial charge is 0.434 e. The number of rotatable bonds is 9. The van der Waals surface area contributed by atoms with Gasteiger partial charge in [-0.05, 0) is 52.3 Å². The van der Waals surface area contributed by atoms with E-state index in [1.807, 2.05) is 45.0 Å². The lowest BCUT2D eigenvalue weighted by Crippen LogP contribution is -2.33. The summed E-state index contributed by atoms with van der Waals surface area (Å²) in [6.07, 6.45) is 1.20. The SMILES string of the molecule is CC(C)S(=O)(=O)c1ccc(-c2cnc(C3(/N=C4\BO4)BO3)c(-c3cc(-c4ccc(CN(C)C(=O)OC(C)(C)C)cc4)no3)n2)cc1. The van der Waals surface area contributed by atoms with E-state index < -0.39 is 32.4 Å². The molecule has 12 nitrogen and oxygen atoms in total. The fourth-order valence-corrected chi connectivity index (χ4v) is 5.74. The summed E-state index contributed by atoms with van der Waals surface area (Å²) < 4.78 is 47.5. The predicted octanol–water partition coefficient (Wildman–Crippen LogP) is 4.24. The number of benzene rings is 2. The summed E-state index contributed by atoms with van der Waals surface area (Å²) in [7, 11) is -0.981. The molecule has 236 valence electrons. The van der Waals surface area contributed by atoms with Crippen molar-refractivity contribution < 1.29 is 31.8 Å². The summed E-state index contributed by atoms with van der Waals surface area (Å²) in [5.41, 5.74) is 2.73. The highest BCUT2D eigenvalue weighted by molar-refractivity contribution is 7.92. The Balaban J connectivity index is 1.29. The van der Waals surface area contributed by atoms with Crippen LogP contribution in [0.4, 0.5) is 4.79 Å². The van der Waals surface area contributed by atoms with Crippen LogP contribution in [0, 0.1) is 0 Å². The lowest BCUT2D eigenvalue weighted by molar-refractivity contribution is 0.0285. The number of carbonyl (C=O) groups is 1. The molecule has 2 aliphatic heterocycles. The van der Waals surface area contributed by atoms with E-state index >= 15 is 0 Å². The van der Waals surface area contributed by atoms with Crippen molar-refractivity contribution in [2.75, 3.05) is 7.05 Å². The fraction of sp³-hybridized carbons (Fsp3) is 0.323. The molecule has 1 unspecified atom stereocenters. The van der Waals surface area contributed by atoms with Gasteiger partial charge in [-0.15, -0.1) is 0 Å². The number of carbonyl (C=O) groups excluding carboxylic acids is 1. The Kier molecular flexibility index (Phi) is 8.01. The summed E-state index contributed by atoms with van der Waals surface area (Å²) in [6, 6.07) is 16.0. The average Bonchev–Trinajstić information content (AvgIpc) is 3.95. The molecule has 0 spiro atoms. The van der Waals surface area contributed by atoms with Gasteiger partial charge in [0.15, 0.2) is 27.0 Å². The van der Waals surface area contributed by atoms with Crippen molar-refractivity contribution in [2.24, 2.45) is 4.99 Å². The summed E-state index contributed by atoms with van der Waals surface area (Å²) >= 11 is 0. The van der Waals surface area contributed by atoms with Crippen molar-refractivity contribution in [3.05, 3.63) is 72.1 Å². The molecule has 46 heavy (non-hydrogen) atoms. The van der Waals surface area contributed by atoms with Crippen LogP contribution in [0.3, 0.4) is 0 Å². The number of aromatic nitrogens is 3. The monoisotopic (exact) mass is 641 g/mol. The van der Waals surface area contributed by atoms with Gasteiger partial charge < -0.3 is 23.5 Å². The molecule has 1 amide bonds. The van der Waals surface area contributed by atoms with Gasteiger partial charge in [0, 0.05) is 30.8 Å². The summed E-state index contributed by atoms with van der Waals surface area (Å²) in [4.78, 5) is 28.3. The molecular weight excluding hydrogens is 608 g/mol. The van der Waals surface area contributed by atoms with E-state index in [-0.39, 0.29) is 4.90 Å². The van der Waals surface area contributed by atoms with Gasteiger partial charge in [0.2, 0.25) is 0 Å². The molecule has 2 aromatic carbocycles. The Labute approximate surface area is 268 Å². The van der Waals surface area contributed by atoms with Gasteiger partial charge in [-0.3, -0.25) is 4.98 Å². The molecule has 0 saturated carbocycles. The normalized spacial score (nSPS) is 18.0. The van der Waals surface area contributed by atoms with Crippen molar-refractivity contribution in [3.8, 4) is 34.0 Å². The molecule has 1 atom stereocenters. The maximum atomic E-state index is 12.6. The molecule has 0 N–H and O–H groups in total. The minimum atomic E-state index is -3.42. The first-order chi connectivity index (χ1) is 21.7. The molecule has 6 rings (SSSR count). The molecule has 4 aromatic rings. The zero-order valence-electron chi connectivity index (χ0n) is 26.5. The summed E-state index contributed by atoms with van der Waals surface area (Å²) in [5, 5.41) is 3.77. The van der Waals surface area contributed by atoms with Crippen LogP contribution in [0.15, 0.2) is 75.2 Å². The Hall–Kier alpha value is -4.49. The van der Waals surface area contributed by atoms with E-state index in [1.165, 1.54) is 4.90 Å². The van der Waals surface area contributed by atoms with Gasteiger partial charge in [0.05, 0.1) is 22.0 Å². The topological polar surface area (TPSA) is 153 Å². The molecule has 0 bridgehead atoms. The third kappa shape index (κ3) is 6.70. The van der Waals surface area contributed by atoms with Crippen molar-refractivity contribution in [1.82, 2.24) is 20.0 Å². The first kappa shape index (κ1) is 31.5. The van der Waals surface area contributed by atoms with Crippen LogP contribution >= 0.6 is 0 Å². The Bertz CT molecular complexity index is 1910. The maximum absolute atomic E-state index is 12.6. The van der Waals surface area contributed by atoms with Gasteiger partial charge in [-0.25, -0.2) is 23.2 Å². The Morgan fingerprint density at radius 3 is 2.28 bits per heavy atom. The van der Waals surface area contributed by atoms with Gasteiger partial charge in [-0.2, -0.15) is 0 Å². The zero-order chi connectivity index (χ0) is 32.9. The number of aliphatic imine (C=N–C) groups is 1. The Morgan fingerprint density at radius 2 is 1.70 bits per heavy atom. The van der Waals surface area contributed by atoms with E-state index in [2.05, 4.69) is 10.1 Å². The summed E-state index contributed by atoms with van der Waals surface area (Å²) in [6.45, 7) is 9.17. The molecule has 0 radical (unpaired) electrons. The number of hydrogen-bond donors (Lipinski definition) is 0. The molecule has 2 aliphatic rings. The van der Waals surface area contributed by atoms with Crippen LogP contribution in [0.5, 0.6) is 0 Å². The molecular formula is C31H33B2N5O7S. The number of nitrogens with zero attached hydrogens (tertiary/aromatic N) is 5. The third-order valence-electron chi connectivity index (χ3n) is 7.36. The second kappa shape index (κ2) is 11.7. The van der Waals surface area contributed by atoms with Gasteiger partial charge >= 0.3 is 21.1 Å². The van der Waals surface area contributed by atoms with Gasteiger partial charge in [0.1, 0.15) is 22.7 Å². The Morgan fingerprint density at radius 1 is 1.07 bits per heavy atom. The minimum Gasteiger partial charge on any atom is -0.549 e. The van der Waals surface area contributed by atoms with Crippen molar-refractivity contribution in [1.29, 1.82) is 0 Å². The molecule has 2 fully saturated rings. The van der Waals surface area contributed by atoms with Crippen LogP contribution in [0.25, 0.3) is 34.0 Å². The van der Waals surface area contributed by atoms with Crippen molar-refractivity contribution in [3.63, 3.8) is 0 Å². The van der Waals surface area contributed by atoms with Crippen LogP contribution in [0.1, 0.15) is 45.9 Å². The number of sulfone groups is 1. The van der Waals surface area contributed by atoms with Gasteiger partial charge in [0.25, 0.3) is 0 Å². The molecule has 4 heterocycles. The lowest BCUT2D eigenvalue weighted by atomic mass is 9.91. The number of ether oxygens (including phenoxy) is 1. The standard InChI is InChI=1S/C31H33B2N5O7S/c1-18(2)46(40,41)22-13-11-21(12-14-22)24-16-34-27(31(33-45-31)36-28-32-43-28)26(35-24)25-15-23(37-44-25)20-9-7-19(8-10-20)17-38(6)29(39)42-30(3,4)5/h7-16,18,32-33H,17H2,1-6H3/b36-28+. The first-order valence-electron chi connectivity index (χ1n) is 14.8. The fourth-order valence-electron chi connectivity index (χ4n) is 4.68. The van der Waals surface area contributed by atoms with E-state index in [9.17, 15) is 13.2 Å². The van der Waals surface area contributed by atoms with E-state index in [0.29, 0.717) is 61.4 Å². The van der Waals surface area contributed by atoms with Crippen LogP contribution in [0.2, 0.25) is 0 Å².